The van der Waals surface area contributed by atoms with Crippen LogP contribution in [0.4, 0.5) is 5.69 Å². The zero-order valence-corrected chi connectivity index (χ0v) is 28.6. The molecule has 1 unspecified atom stereocenters. The highest BCUT2D eigenvalue weighted by molar-refractivity contribution is 8.00. The molecule has 1 atom stereocenters. The van der Waals surface area contributed by atoms with Crippen molar-refractivity contribution in [2.45, 2.75) is 17.2 Å². The zero-order chi connectivity index (χ0) is 34.3. The highest BCUT2D eigenvalue weighted by atomic mass is 32.2. The third-order valence-corrected chi connectivity index (χ3v) is 9.82. The quantitative estimate of drug-likeness (QED) is 0.0826. The van der Waals surface area contributed by atoms with E-state index < -0.39 is 5.25 Å². The first-order valence-electron chi connectivity index (χ1n) is 15.4. The monoisotopic (exact) mass is 681 g/mol. The summed E-state index contributed by atoms with van der Waals surface area (Å²) in [5, 5.41) is 17.3. The molecule has 6 aromatic rings. The number of anilines is 1. The van der Waals surface area contributed by atoms with E-state index in [2.05, 4.69) is 11.4 Å². The van der Waals surface area contributed by atoms with Crippen LogP contribution in [-0.4, -0.2) is 36.1 Å². The molecule has 2 aromatic heterocycles. The molecule has 1 N–H and O–H groups in total. The Morgan fingerprint density at radius 2 is 1.69 bits per heavy atom. The van der Waals surface area contributed by atoms with Crippen LogP contribution >= 0.6 is 23.1 Å². The van der Waals surface area contributed by atoms with Crippen molar-refractivity contribution in [2.75, 3.05) is 19.5 Å². The topological polar surface area (TPSA) is 101 Å². The van der Waals surface area contributed by atoms with Crippen LogP contribution < -0.4 is 14.8 Å². The molecule has 0 radical (unpaired) electrons. The van der Waals surface area contributed by atoms with Crippen LogP contribution in [-0.2, 0) is 4.79 Å². The number of benzene rings is 4. The minimum Gasteiger partial charge on any atom is -0.497 e. The summed E-state index contributed by atoms with van der Waals surface area (Å²) in [5.41, 5.74) is 4.21. The minimum absolute atomic E-state index is 0.125. The molecule has 0 spiro atoms. The number of amides is 1. The number of carbonyl (C=O) groups is 2. The summed E-state index contributed by atoms with van der Waals surface area (Å²) in [6.45, 7) is 1.77. The summed E-state index contributed by atoms with van der Waals surface area (Å²) in [6.07, 6.45) is 3.33. The van der Waals surface area contributed by atoms with Crippen molar-refractivity contribution in [1.82, 2.24) is 4.98 Å². The molecular weight excluding hydrogens is 651 g/mol. The Morgan fingerprint density at radius 1 is 0.898 bits per heavy atom. The van der Waals surface area contributed by atoms with Crippen molar-refractivity contribution in [3.05, 3.63) is 131 Å². The number of pyridine rings is 1. The van der Waals surface area contributed by atoms with Crippen molar-refractivity contribution in [2.24, 2.45) is 0 Å². The third kappa shape index (κ3) is 7.41. The lowest BCUT2D eigenvalue weighted by molar-refractivity contribution is -0.115. The fourth-order valence-electron chi connectivity index (χ4n) is 5.36. The van der Waals surface area contributed by atoms with E-state index in [0.29, 0.717) is 50.2 Å². The van der Waals surface area contributed by atoms with Crippen LogP contribution in [0.3, 0.4) is 0 Å². The van der Waals surface area contributed by atoms with E-state index in [1.807, 2.05) is 72.1 Å². The number of thioether (sulfide) groups is 1. The summed E-state index contributed by atoms with van der Waals surface area (Å²) in [5.74, 6) is 0.776. The van der Waals surface area contributed by atoms with Gasteiger partial charge in [-0.25, -0.2) is 4.98 Å². The molecule has 0 saturated heterocycles. The molecule has 242 valence electrons. The second-order valence-electron chi connectivity index (χ2n) is 11.0. The van der Waals surface area contributed by atoms with Gasteiger partial charge in [0.2, 0.25) is 5.91 Å². The van der Waals surface area contributed by atoms with Gasteiger partial charge in [-0.05, 0) is 89.8 Å². The summed E-state index contributed by atoms with van der Waals surface area (Å²) in [4.78, 5) is 32.1. The van der Waals surface area contributed by atoms with Crippen LogP contribution in [0.1, 0.15) is 27.7 Å². The number of nitrogens with zero attached hydrogens (tertiary/aromatic N) is 2. The SMILES string of the molecule is COc1ccc(OC)c(-c2cc(-c3cccc4ccccc34)nc(SC(C)C(=O)Nc3ccc(C(=O)/C=C/c4cccs4)cc3)c2C#N)c1. The van der Waals surface area contributed by atoms with Crippen molar-refractivity contribution >= 4 is 57.3 Å². The Balaban J connectivity index is 1.32. The largest absolute Gasteiger partial charge is 0.497 e. The smallest absolute Gasteiger partial charge is 0.237 e. The normalized spacial score (nSPS) is 11.6. The van der Waals surface area contributed by atoms with Crippen LogP contribution in [0.15, 0.2) is 120 Å². The van der Waals surface area contributed by atoms with E-state index in [1.165, 1.54) is 11.8 Å². The molecule has 0 aliphatic heterocycles. The van der Waals surface area contributed by atoms with E-state index in [0.717, 1.165) is 21.2 Å². The van der Waals surface area contributed by atoms with Gasteiger partial charge in [0, 0.05) is 32.8 Å². The number of ketones is 1. The number of aromatic nitrogens is 1. The molecule has 0 aliphatic rings. The first kappa shape index (κ1) is 33.2. The predicted octanol–water partition coefficient (Wildman–Crippen LogP) is 9.53. The van der Waals surface area contributed by atoms with Crippen molar-refractivity contribution in [3.8, 4) is 40.0 Å². The number of methoxy groups -OCH3 is 2. The summed E-state index contributed by atoms with van der Waals surface area (Å²) in [7, 11) is 3.16. The Morgan fingerprint density at radius 3 is 2.43 bits per heavy atom. The second kappa shape index (κ2) is 15.0. The van der Waals surface area contributed by atoms with E-state index >= 15 is 0 Å². The number of nitriles is 1. The highest BCUT2D eigenvalue weighted by Crippen LogP contribution is 2.41. The first-order valence-corrected chi connectivity index (χ1v) is 17.1. The standard InChI is InChI=1S/C40H31N3O4S2/c1-25(39(45)42-28-15-13-27(14-16-28)37(44)19-18-30-10-7-21-48-30)49-40-35(24-41)33(34-22-29(46-2)17-20-38(34)47-3)23-36(43-40)32-12-6-9-26-8-4-5-11-31(26)32/h4-23,25H,1-3H3,(H,42,45)/b19-18+. The van der Waals surface area contributed by atoms with Crippen LogP contribution in [0.2, 0.25) is 0 Å². The lowest BCUT2D eigenvalue weighted by atomic mass is 9.96. The molecule has 0 fully saturated rings. The molecule has 0 aliphatic carbocycles. The number of hydrogen-bond donors (Lipinski definition) is 1. The average Bonchev–Trinajstić information content (AvgIpc) is 3.67. The van der Waals surface area contributed by atoms with Gasteiger partial charge in [-0.3, -0.25) is 9.59 Å². The Labute approximate surface area is 292 Å². The number of carbonyl (C=O) groups excluding carboxylic acids is 2. The van der Waals surface area contributed by atoms with Gasteiger partial charge in [-0.2, -0.15) is 5.26 Å². The number of thiophene rings is 1. The number of nitrogens with one attached hydrogen (secondary N) is 1. The van der Waals surface area contributed by atoms with Crippen LogP contribution in [0, 0.1) is 11.3 Å². The predicted molar refractivity (Wildman–Crippen MR) is 199 cm³/mol. The summed E-state index contributed by atoms with van der Waals surface area (Å²) < 4.78 is 11.2. The Kier molecular flexibility index (Phi) is 10.2. The Bertz CT molecular complexity index is 2220. The van der Waals surface area contributed by atoms with Gasteiger partial charge in [0.1, 0.15) is 22.6 Å². The van der Waals surface area contributed by atoms with Crippen LogP contribution in [0.25, 0.3) is 39.2 Å². The molecule has 9 heteroatoms. The fraction of sp³-hybridized carbons (Fsp3) is 0.100. The van der Waals surface area contributed by atoms with E-state index in [1.54, 1.807) is 81.0 Å². The van der Waals surface area contributed by atoms with Crippen molar-refractivity contribution < 1.29 is 19.1 Å². The van der Waals surface area contributed by atoms with Gasteiger partial charge >= 0.3 is 0 Å². The molecule has 1 amide bonds. The van der Waals surface area contributed by atoms with Gasteiger partial charge in [-0.15, -0.1) is 11.3 Å². The third-order valence-electron chi connectivity index (χ3n) is 7.90. The maximum absolute atomic E-state index is 13.5. The summed E-state index contributed by atoms with van der Waals surface area (Å²) in [6, 6.07) is 34.4. The van der Waals surface area contributed by atoms with Crippen molar-refractivity contribution in [1.29, 1.82) is 5.26 Å². The molecule has 0 saturated carbocycles. The van der Waals surface area contributed by atoms with Gasteiger partial charge in [0.25, 0.3) is 0 Å². The van der Waals surface area contributed by atoms with Gasteiger partial charge < -0.3 is 14.8 Å². The fourth-order valence-corrected chi connectivity index (χ4v) is 6.90. The highest BCUT2D eigenvalue weighted by Gasteiger charge is 2.24. The molecule has 49 heavy (non-hydrogen) atoms. The second-order valence-corrected chi connectivity index (χ2v) is 13.3. The lowest BCUT2D eigenvalue weighted by Crippen LogP contribution is -2.22. The van der Waals surface area contributed by atoms with Crippen LogP contribution in [0.5, 0.6) is 11.5 Å². The Hall–Kier alpha value is -5.69. The molecule has 6 rings (SSSR count). The summed E-state index contributed by atoms with van der Waals surface area (Å²) >= 11 is 2.76. The average molecular weight is 682 g/mol. The van der Waals surface area contributed by atoms with Gasteiger partial charge in [0.05, 0.1) is 30.7 Å². The maximum atomic E-state index is 13.5. The number of allylic oxidation sites excluding steroid dienone is 1. The number of hydrogen-bond acceptors (Lipinski definition) is 8. The molecule has 0 bridgehead atoms. The lowest BCUT2D eigenvalue weighted by Gasteiger charge is -2.18. The number of fused-ring (bicyclic) bond motifs is 1. The van der Waals surface area contributed by atoms with E-state index in [9.17, 15) is 14.9 Å². The molecule has 4 aromatic carbocycles. The maximum Gasteiger partial charge on any atom is 0.237 e. The van der Waals surface area contributed by atoms with E-state index in [4.69, 9.17) is 14.5 Å². The van der Waals surface area contributed by atoms with Crippen molar-refractivity contribution in [3.63, 3.8) is 0 Å². The number of ether oxygens (including phenoxy) is 2. The first-order chi connectivity index (χ1) is 23.9. The molecule has 7 nitrogen and oxygen atoms in total. The van der Waals surface area contributed by atoms with Gasteiger partial charge in [0.15, 0.2) is 5.78 Å². The minimum atomic E-state index is -0.627. The van der Waals surface area contributed by atoms with E-state index in [-0.39, 0.29) is 11.7 Å². The molecular formula is C40H31N3O4S2. The number of rotatable bonds is 11. The molecule has 2 heterocycles. The zero-order valence-electron chi connectivity index (χ0n) is 27.0. The van der Waals surface area contributed by atoms with Gasteiger partial charge in [-0.1, -0.05) is 60.3 Å².